The van der Waals surface area contributed by atoms with Gasteiger partial charge in [-0.25, -0.2) is 0 Å². The smallest absolute Gasteiger partial charge is 0.240 e. The molecule has 0 aromatic carbocycles. The number of ether oxygens (including phenoxy) is 1. The number of nitrogens with zero attached hydrogens (tertiary/aromatic N) is 1. The average Bonchev–Trinajstić information content (AvgIpc) is 3.00. The molecule has 1 unspecified atom stereocenters. The Labute approximate surface area is 135 Å². The first-order valence-corrected chi connectivity index (χ1v) is 8.91. The molecule has 3 N–H and O–H groups in total. The van der Waals surface area contributed by atoms with Crippen molar-refractivity contribution in [2.45, 2.75) is 44.3 Å². The predicted molar refractivity (Wildman–Crippen MR) is 87.9 cm³/mol. The second-order valence-corrected chi connectivity index (χ2v) is 7.42. The van der Waals surface area contributed by atoms with E-state index in [4.69, 9.17) is 10.5 Å². The number of hydrogen-bond acceptors (Lipinski definition) is 5. The highest BCUT2D eigenvalue weighted by molar-refractivity contribution is 7.10. The zero-order chi connectivity index (χ0) is 15.6. The van der Waals surface area contributed by atoms with E-state index in [9.17, 15) is 4.79 Å². The summed E-state index contributed by atoms with van der Waals surface area (Å²) in [6.07, 6.45) is 2.33. The third kappa shape index (κ3) is 3.35. The van der Waals surface area contributed by atoms with Crippen LogP contribution in [-0.4, -0.2) is 48.7 Å². The van der Waals surface area contributed by atoms with E-state index in [0.717, 1.165) is 19.5 Å². The summed E-state index contributed by atoms with van der Waals surface area (Å²) >= 11 is 1.85. The van der Waals surface area contributed by atoms with Gasteiger partial charge in [0, 0.05) is 43.8 Å². The van der Waals surface area contributed by atoms with Crippen LogP contribution in [-0.2, 0) is 22.5 Å². The van der Waals surface area contributed by atoms with Crippen LogP contribution in [0.5, 0.6) is 0 Å². The molecule has 2 aliphatic heterocycles. The van der Waals surface area contributed by atoms with Crippen LogP contribution in [0.3, 0.4) is 0 Å². The molecule has 0 saturated carbocycles. The largest absolute Gasteiger partial charge is 0.381 e. The number of hydrogen-bond donors (Lipinski definition) is 2. The van der Waals surface area contributed by atoms with Crippen molar-refractivity contribution < 1.29 is 9.53 Å². The lowest BCUT2D eigenvalue weighted by Gasteiger charge is -2.35. The summed E-state index contributed by atoms with van der Waals surface area (Å²) in [4.78, 5) is 16.3. The highest BCUT2D eigenvalue weighted by atomic mass is 32.1. The van der Waals surface area contributed by atoms with Gasteiger partial charge in [0.05, 0.1) is 5.54 Å². The van der Waals surface area contributed by atoms with Gasteiger partial charge in [-0.1, -0.05) is 0 Å². The van der Waals surface area contributed by atoms with Crippen molar-refractivity contribution in [1.29, 1.82) is 0 Å². The average molecular weight is 323 g/mol. The molecule has 0 bridgehead atoms. The fourth-order valence-electron chi connectivity index (χ4n) is 3.15. The van der Waals surface area contributed by atoms with E-state index >= 15 is 0 Å². The summed E-state index contributed by atoms with van der Waals surface area (Å²) in [6.45, 7) is 6.02. The Kier molecular flexibility index (Phi) is 4.82. The van der Waals surface area contributed by atoms with Crippen molar-refractivity contribution in [1.82, 2.24) is 10.2 Å². The van der Waals surface area contributed by atoms with E-state index in [0.29, 0.717) is 38.6 Å². The van der Waals surface area contributed by atoms with Gasteiger partial charge < -0.3 is 15.8 Å². The molecule has 1 aromatic rings. The maximum atomic E-state index is 12.4. The first-order chi connectivity index (χ1) is 10.6. The minimum absolute atomic E-state index is 0.0316. The molecule has 2 aliphatic rings. The molecule has 6 heteroatoms. The molecular formula is C16H25N3O2S. The maximum Gasteiger partial charge on any atom is 0.240 e. The lowest BCUT2D eigenvalue weighted by molar-refractivity contribution is -0.130. The molecule has 5 nitrogen and oxygen atoms in total. The number of carbonyl (C=O) groups excluding carboxylic acids is 1. The van der Waals surface area contributed by atoms with E-state index < -0.39 is 5.54 Å². The number of nitrogens with one attached hydrogen (secondary N) is 1. The fraction of sp³-hybridized carbons (Fsp3) is 0.688. The zero-order valence-corrected chi connectivity index (χ0v) is 14.0. The number of fused-ring (bicyclic) bond motifs is 1. The molecule has 122 valence electrons. The van der Waals surface area contributed by atoms with Crippen LogP contribution < -0.4 is 11.1 Å². The van der Waals surface area contributed by atoms with Crippen molar-refractivity contribution in [3.8, 4) is 0 Å². The van der Waals surface area contributed by atoms with Crippen molar-refractivity contribution in [3.05, 3.63) is 21.9 Å². The Morgan fingerprint density at radius 1 is 1.55 bits per heavy atom. The number of amides is 1. The lowest BCUT2D eigenvalue weighted by Crippen LogP contribution is -2.58. The van der Waals surface area contributed by atoms with E-state index in [1.54, 1.807) is 0 Å². The maximum absolute atomic E-state index is 12.4. The molecule has 22 heavy (non-hydrogen) atoms. The molecule has 0 spiro atoms. The van der Waals surface area contributed by atoms with Crippen LogP contribution in [0.25, 0.3) is 0 Å². The highest BCUT2D eigenvalue weighted by Crippen LogP contribution is 2.25. The van der Waals surface area contributed by atoms with Gasteiger partial charge in [0.2, 0.25) is 5.91 Å². The second kappa shape index (κ2) is 6.66. The minimum Gasteiger partial charge on any atom is -0.381 e. The number of nitrogens with two attached hydrogens (primary N) is 1. The van der Waals surface area contributed by atoms with Crippen molar-refractivity contribution in [2.75, 3.05) is 26.3 Å². The van der Waals surface area contributed by atoms with Crippen molar-refractivity contribution in [2.24, 2.45) is 5.73 Å². The van der Waals surface area contributed by atoms with Gasteiger partial charge in [-0.3, -0.25) is 9.69 Å². The Balaban J connectivity index is 1.50. The van der Waals surface area contributed by atoms with Gasteiger partial charge in [-0.2, -0.15) is 0 Å². The summed E-state index contributed by atoms with van der Waals surface area (Å²) in [5.41, 5.74) is 6.90. The summed E-state index contributed by atoms with van der Waals surface area (Å²) < 4.78 is 5.29. The molecule has 1 fully saturated rings. The van der Waals surface area contributed by atoms with Crippen LogP contribution in [0.15, 0.2) is 11.4 Å². The topological polar surface area (TPSA) is 67.6 Å². The minimum atomic E-state index is -0.750. The first-order valence-electron chi connectivity index (χ1n) is 8.03. The van der Waals surface area contributed by atoms with Crippen molar-refractivity contribution in [3.63, 3.8) is 0 Å². The molecule has 0 aliphatic carbocycles. The van der Waals surface area contributed by atoms with Crippen molar-refractivity contribution >= 4 is 17.2 Å². The van der Waals surface area contributed by atoms with Gasteiger partial charge in [0.15, 0.2) is 0 Å². The van der Waals surface area contributed by atoms with Crippen LogP contribution in [0.1, 0.15) is 30.2 Å². The number of rotatable bonds is 4. The summed E-state index contributed by atoms with van der Waals surface area (Å²) in [5.74, 6) is -0.0316. The monoisotopic (exact) mass is 323 g/mol. The molecule has 3 rings (SSSR count). The third-order valence-electron chi connectivity index (χ3n) is 4.86. The van der Waals surface area contributed by atoms with Crippen LogP contribution in [0.4, 0.5) is 0 Å². The molecule has 3 heterocycles. The summed E-state index contributed by atoms with van der Waals surface area (Å²) in [5, 5.41) is 5.22. The molecule has 1 atom stereocenters. The Morgan fingerprint density at radius 3 is 3.09 bits per heavy atom. The predicted octanol–water partition coefficient (Wildman–Crippen LogP) is 1.12. The molecule has 1 amide bonds. The summed E-state index contributed by atoms with van der Waals surface area (Å²) in [6, 6.07) is 2.54. The standard InChI is InChI=1S/C16H25N3O2S/c1-12(19-6-2-14-13(11-19)3-9-22-14)10-18-15(20)16(17)4-7-21-8-5-16/h3,9,12H,2,4-8,10-11,17H2,1H3,(H,18,20). The van der Waals surface area contributed by atoms with Crippen LogP contribution >= 0.6 is 11.3 Å². The van der Waals surface area contributed by atoms with E-state index in [2.05, 4.69) is 28.6 Å². The van der Waals surface area contributed by atoms with E-state index in [-0.39, 0.29) is 5.91 Å². The van der Waals surface area contributed by atoms with Crippen LogP contribution in [0, 0.1) is 0 Å². The molecule has 1 saturated heterocycles. The second-order valence-electron chi connectivity index (χ2n) is 6.42. The van der Waals surface area contributed by atoms with Gasteiger partial charge in [-0.15, -0.1) is 11.3 Å². The van der Waals surface area contributed by atoms with Gasteiger partial charge in [-0.05, 0) is 43.2 Å². The molecular weight excluding hydrogens is 298 g/mol. The van der Waals surface area contributed by atoms with E-state index in [1.165, 1.54) is 10.4 Å². The Hall–Kier alpha value is -0.950. The Morgan fingerprint density at radius 2 is 2.32 bits per heavy atom. The summed E-state index contributed by atoms with van der Waals surface area (Å²) in [7, 11) is 0. The quantitative estimate of drug-likeness (QED) is 0.871. The third-order valence-corrected chi connectivity index (χ3v) is 5.88. The Bertz CT molecular complexity index is 525. The fourth-order valence-corrected chi connectivity index (χ4v) is 4.04. The van der Waals surface area contributed by atoms with E-state index in [1.807, 2.05) is 11.3 Å². The molecule has 0 radical (unpaired) electrons. The number of thiophene rings is 1. The zero-order valence-electron chi connectivity index (χ0n) is 13.1. The van der Waals surface area contributed by atoms with Gasteiger partial charge in [0.1, 0.15) is 0 Å². The molecule has 1 aromatic heterocycles. The lowest BCUT2D eigenvalue weighted by atomic mass is 9.90. The highest BCUT2D eigenvalue weighted by Gasteiger charge is 2.36. The normalized spacial score (nSPS) is 22.8. The SMILES string of the molecule is CC(CNC(=O)C1(N)CCOCC1)N1CCc2sccc2C1. The first kappa shape index (κ1) is 15.9. The van der Waals surface area contributed by atoms with Crippen LogP contribution in [0.2, 0.25) is 0 Å². The van der Waals surface area contributed by atoms with Gasteiger partial charge in [0.25, 0.3) is 0 Å². The number of carbonyl (C=O) groups is 1. The van der Waals surface area contributed by atoms with Gasteiger partial charge >= 0.3 is 0 Å².